The summed E-state index contributed by atoms with van der Waals surface area (Å²) in [5, 5.41) is 10.1. The summed E-state index contributed by atoms with van der Waals surface area (Å²) in [4.78, 5) is 20.1. The molecular formula is C27H29ClN6O. The second-order valence-electron chi connectivity index (χ2n) is 9.00. The van der Waals surface area contributed by atoms with Crippen molar-refractivity contribution in [1.82, 2.24) is 29.4 Å². The number of fused-ring (bicyclic) bond motifs is 1. The van der Waals surface area contributed by atoms with Gasteiger partial charge in [-0.1, -0.05) is 67.9 Å². The summed E-state index contributed by atoms with van der Waals surface area (Å²) < 4.78 is 3.64. The molecule has 0 aliphatic carbocycles. The quantitative estimate of drug-likeness (QED) is 0.369. The third-order valence-electron chi connectivity index (χ3n) is 6.77. The Morgan fingerprint density at radius 1 is 1.06 bits per heavy atom. The highest BCUT2D eigenvalue weighted by Gasteiger charge is 2.41. The molecule has 2 aromatic heterocycles. The van der Waals surface area contributed by atoms with E-state index >= 15 is 0 Å². The Morgan fingerprint density at radius 2 is 1.86 bits per heavy atom. The molecule has 180 valence electrons. The van der Waals surface area contributed by atoms with E-state index in [9.17, 15) is 4.79 Å². The molecule has 1 aliphatic rings. The number of hydrogen-bond acceptors (Lipinski definition) is 4. The fraction of sp³-hybridized carbons (Fsp3) is 0.333. The molecule has 0 bridgehead atoms. The Balaban J connectivity index is 1.48. The van der Waals surface area contributed by atoms with Gasteiger partial charge in [-0.2, -0.15) is 5.10 Å². The smallest absolute Gasteiger partial charge is 0.294 e. The van der Waals surface area contributed by atoms with Crippen molar-refractivity contribution in [3.05, 3.63) is 88.6 Å². The largest absolute Gasteiger partial charge is 0.324 e. The minimum Gasteiger partial charge on any atom is -0.324 e. The van der Waals surface area contributed by atoms with Crippen LogP contribution in [0.1, 0.15) is 60.2 Å². The van der Waals surface area contributed by atoms with Crippen LogP contribution in [0.5, 0.6) is 0 Å². The van der Waals surface area contributed by atoms with Crippen molar-refractivity contribution in [2.45, 2.75) is 51.7 Å². The van der Waals surface area contributed by atoms with Gasteiger partial charge >= 0.3 is 0 Å². The Labute approximate surface area is 210 Å². The topological polar surface area (TPSA) is 68.8 Å². The molecule has 2 atom stereocenters. The van der Waals surface area contributed by atoms with Crippen molar-refractivity contribution in [2.75, 3.05) is 0 Å². The summed E-state index contributed by atoms with van der Waals surface area (Å²) in [5.74, 6) is 0.0865. The summed E-state index contributed by atoms with van der Waals surface area (Å²) in [6.07, 6.45) is 3.95. The maximum absolute atomic E-state index is 13.8. The van der Waals surface area contributed by atoms with Crippen LogP contribution in [0, 0.1) is 0 Å². The Kier molecular flexibility index (Phi) is 6.43. The first-order chi connectivity index (χ1) is 17.0. The minimum absolute atomic E-state index is 0.0307. The Morgan fingerprint density at radius 3 is 2.57 bits per heavy atom. The molecule has 0 fully saturated rings. The van der Waals surface area contributed by atoms with Crippen molar-refractivity contribution in [1.29, 1.82) is 0 Å². The predicted molar refractivity (Wildman–Crippen MR) is 136 cm³/mol. The lowest BCUT2D eigenvalue weighted by atomic mass is 9.87. The van der Waals surface area contributed by atoms with Crippen LogP contribution in [0.4, 0.5) is 0 Å². The van der Waals surface area contributed by atoms with Crippen LogP contribution in [0.25, 0.3) is 11.3 Å². The van der Waals surface area contributed by atoms with Crippen molar-refractivity contribution >= 4 is 17.5 Å². The number of aromatic nitrogens is 5. The molecule has 8 heteroatoms. The van der Waals surface area contributed by atoms with Gasteiger partial charge in [-0.15, -0.1) is 5.10 Å². The molecule has 0 radical (unpaired) electrons. The molecule has 1 aliphatic heterocycles. The summed E-state index contributed by atoms with van der Waals surface area (Å²) in [6, 6.07) is 17.8. The number of aryl methyl sites for hydroxylation is 1. The maximum atomic E-state index is 13.8. The lowest BCUT2D eigenvalue weighted by Gasteiger charge is -2.40. The monoisotopic (exact) mass is 488 g/mol. The van der Waals surface area contributed by atoms with Gasteiger partial charge in [0.25, 0.3) is 5.91 Å². The standard InChI is InChI=1S/C27H29ClN6O/c1-4-21-15-22-24(30-32(3)25(22)19-12-9-13-20(28)14-19)23(5-2)34(21)27(35)26-29-17-33(31-26)16-18-10-7-6-8-11-18/h6-14,17,21,23H,4-5,15-16H2,1-3H3. The van der Waals surface area contributed by atoms with Crippen LogP contribution < -0.4 is 0 Å². The van der Waals surface area contributed by atoms with Crippen molar-refractivity contribution in [3.8, 4) is 11.3 Å². The summed E-state index contributed by atoms with van der Waals surface area (Å²) >= 11 is 6.30. The second kappa shape index (κ2) is 9.66. The van der Waals surface area contributed by atoms with E-state index in [-0.39, 0.29) is 23.8 Å². The van der Waals surface area contributed by atoms with Gasteiger partial charge in [0.1, 0.15) is 6.33 Å². The molecule has 0 N–H and O–H groups in total. The molecule has 2 aromatic carbocycles. The summed E-state index contributed by atoms with van der Waals surface area (Å²) in [7, 11) is 1.96. The minimum atomic E-state index is -0.142. The van der Waals surface area contributed by atoms with Crippen LogP contribution in [0.15, 0.2) is 60.9 Å². The fourth-order valence-corrected chi connectivity index (χ4v) is 5.36. The number of halogens is 1. The highest BCUT2D eigenvalue weighted by molar-refractivity contribution is 6.30. The Bertz CT molecular complexity index is 1340. The molecule has 3 heterocycles. The van der Waals surface area contributed by atoms with Crippen molar-refractivity contribution in [2.24, 2.45) is 7.05 Å². The molecule has 1 amide bonds. The van der Waals surface area contributed by atoms with Gasteiger partial charge in [-0.05, 0) is 37.0 Å². The van der Waals surface area contributed by atoms with Crippen LogP contribution in [0.2, 0.25) is 5.02 Å². The predicted octanol–water partition coefficient (Wildman–Crippen LogP) is 5.31. The molecule has 2 unspecified atom stereocenters. The molecule has 4 aromatic rings. The highest BCUT2D eigenvalue weighted by Crippen LogP contribution is 2.41. The molecule has 0 spiro atoms. The van der Waals surface area contributed by atoms with Gasteiger partial charge in [0, 0.05) is 29.2 Å². The second-order valence-corrected chi connectivity index (χ2v) is 9.44. The number of amides is 1. The van der Waals surface area contributed by atoms with E-state index in [1.807, 2.05) is 65.2 Å². The average molecular weight is 489 g/mol. The molecular weight excluding hydrogens is 460 g/mol. The molecule has 0 saturated carbocycles. The zero-order chi connectivity index (χ0) is 24.5. The zero-order valence-electron chi connectivity index (χ0n) is 20.2. The van der Waals surface area contributed by atoms with E-state index in [4.69, 9.17) is 16.7 Å². The van der Waals surface area contributed by atoms with E-state index in [1.165, 1.54) is 5.56 Å². The van der Waals surface area contributed by atoms with E-state index < -0.39 is 0 Å². The Hall–Kier alpha value is -3.45. The van der Waals surface area contributed by atoms with Gasteiger partial charge in [0.15, 0.2) is 0 Å². The number of nitrogens with zero attached hydrogens (tertiary/aromatic N) is 6. The van der Waals surface area contributed by atoms with Gasteiger partial charge in [0.2, 0.25) is 5.82 Å². The first-order valence-electron chi connectivity index (χ1n) is 12.1. The average Bonchev–Trinajstić information content (AvgIpc) is 3.46. The van der Waals surface area contributed by atoms with Crippen LogP contribution in [0.3, 0.4) is 0 Å². The van der Waals surface area contributed by atoms with Gasteiger partial charge in [-0.3, -0.25) is 9.48 Å². The lowest BCUT2D eigenvalue weighted by molar-refractivity contribution is 0.0500. The highest BCUT2D eigenvalue weighted by atomic mass is 35.5. The summed E-state index contributed by atoms with van der Waals surface area (Å²) in [5.41, 5.74) is 5.36. The summed E-state index contributed by atoms with van der Waals surface area (Å²) in [6.45, 7) is 4.80. The molecule has 35 heavy (non-hydrogen) atoms. The van der Waals surface area contributed by atoms with Gasteiger partial charge in [-0.25, -0.2) is 9.67 Å². The molecule has 0 saturated heterocycles. The number of hydrogen-bond donors (Lipinski definition) is 0. The maximum Gasteiger partial charge on any atom is 0.294 e. The number of rotatable bonds is 6. The van der Waals surface area contributed by atoms with Crippen LogP contribution >= 0.6 is 11.6 Å². The number of benzene rings is 2. The van der Waals surface area contributed by atoms with E-state index in [1.54, 1.807) is 11.0 Å². The third-order valence-corrected chi connectivity index (χ3v) is 7.00. The van der Waals surface area contributed by atoms with E-state index in [0.29, 0.717) is 11.6 Å². The fourth-order valence-electron chi connectivity index (χ4n) is 5.17. The van der Waals surface area contributed by atoms with Crippen molar-refractivity contribution < 1.29 is 4.79 Å². The van der Waals surface area contributed by atoms with E-state index in [2.05, 4.69) is 30.0 Å². The van der Waals surface area contributed by atoms with Gasteiger partial charge in [0.05, 0.1) is 24.0 Å². The van der Waals surface area contributed by atoms with Gasteiger partial charge < -0.3 is 4.90 Å². The number of carbonyl (C=O) groups excluding carboxylic acids is 1. The van der Waals surface area contributed by atoms with Crippen LogP contribution in [-0.4, -0.2) is 41.4 Å². The first kappa shape index (κ1) is 23.3. The zero-order valence-corrected chi connectivity index (χ0v) is 21.0. The normalized spacial score (nSPS) is 17.4. The molecule has 7 nitrogen and oxygen atoms in total. The molecule has 5 rings (SSSR count). The first-order valence-corrected chi connectivity index (χ1v) is 12.5. The van der Waals surface area contributed by atoms with Crippen molar-refractivity contribution in [3.63, 3.8) is 0 Å². The van der Waals surface area contributed by atoms with Crippen LogP contribution in [-0.2, 0) is 20.0 Å². The third kappa shape index (κ3) is 4.36. The van der Waals surface area contributed by atoms with E-state index in [0.717, 1.165) is 41.8 Å². The lowest BCUT2D eigenvalue weighted by Crippen LogP contribution is -2.47. The number of carbonyl (C=O) groups is 1. The SMILES string of the molecule is CCC1Cc2c(nn(C)c2-c2cccc(Cl)c2)C(CC)N1C(=O)c1ncn(Cc2ccccc2)n1.